The summed E-state index contributed by atoms with van der Waals surface area (Å²) in [4.78, 5) is 4.30. The lowest BCUT2D eigenvalue weighted by molar-refractivity contribution is -0.0729. The molecule has 100 valence electrons. The number of pyridine rings is 1. The Hall–Kier alpha value is -1.13. The number of hydrogen-bond donors (Lipinski definition) is 1. The fourth-order valence-electron chi connectivity index (χ4n) is 2.34. The van der Waals surface area contributed by atoms with Crippen LogP contribution >= 0.6 is 0 Å². The number of hydrogen-bond acceptors (Lipinski definition) is 4. The molecule has 2 N–H and O–H groups in total. The Kier molecular flexibility index (Phi) is 4.19. The van der Waals surface area contributed by atoms with Gasteiger partial charge in [-0.15, -0.1) is 0 Å². The molecule has 1 fully saturated rings. The molecular weight excluding hydrogens is 228 g/mol. The highest BCUT2D eigenvalue weighted by Gasteiger charge is 2.26. The Balaban J connectivity index is 1.96. The number of rotatable bonds is 3. The Bertz CT molecular complexity index is 368. The highest BCUT2D eigenvalue weighted by Crippen LogP contribution is 2.23. The van der Waals surface area contributed by atoms with Gasteiger partial charge in [0.1, 0.15) is 6.10 Å². The average molecular weight is 250 g/mol. The summed E-state index contributed by atoms with van der Waals surface area (Å²) in [7, 11) is 0. The van der Waals surface area contributed by atoms with Crippen molar-refractivity contribution in [1.82, 2.24) is 4.98 Å². The lowest BCUT2D eigenvalue weighted by Gasteiger charge is -2.31. The Morgan fingerprint density at radius 2 is 2.00 bits per heavy atom. The molecular formula is C14H22N2O2. The lowest BCUT2D eigenvalue weighted by atomic mass is 10.0. The van der Waals surface area contributed by atoms with Gasteiger partial charge >= 0.3 is 0 Å². The van der Waals surface area contributed by atoms with Gasteiger partial charge in [-0.05, 0) is 26.3 Å². The molecule has 1 aliphatic heterocycles. The summed E-state index contributed by atoms with van der Waals surface area (Å²) in [5, 5.41) is 0. The predicted octanol–water partition coefficient (Wildman–Crippen LogP) is 2.44. The lowest BCUT2D eigenvalue weighted by Crippen LogP contribution is -2.35. The molecule has 0 spiro atoms. The summed E-state index contributed by atoms with van der Waals surface area (Å²) in [5.74, 6) is 0.672. The highest BCUT2D eigenvalue weighted by atomic mass is 16.5. The smallest absolute Gasteiger partial charge is 0.213 e. The van der Waals surface area contributed by atoms with Crippen molar-refractivity contribution in [2.75, 3.05) is 0 Å². The summed E-state index contributed by atoms with van der Waals surface area (Å²) in [6, 6.07) is 3.87. The zero-order valence-corrected chi connectivity index (χ0v) is 11.3. The summed E-state index contributed by atoms with van der Waals surface area (Å²) in [6.45, 7) is 6.11. The topological polar surface area (TPSA) is 57.4 Å². The highest BCUT2D eigenvalue weighted by molar-refractivity contribution is 5.20. The second-order valence-corrected chi connectivity index (χ2v) is 5.19. The largest absolute Gasteiger partial charge is 0.474 e. The van der Waals surface area contributed by atoms with E-state index in [1.165, 1.54) is 0 Å². The standard InChI is InChI=1S/C14H22N2O2/c1-9-6-13(7-10(2)17-9)18-14-5-4-12(8-16-14)11(3)15/h4-5,8-11,13H,6-7,15H2,1-3H3. The number of aromatic nitrogens is 1. The Morgan fingerprint density at radius 1 is 1.33 bits per heavy atom. The van der Waals surface area contributed by atoms with Crippen molar-refractivity contribution in [3.8, 4) is 5.88 Å². The molecule has 0 saturated carbocycles. The van der Waals surface area contributed by atoms with Crippen LogP contribution < -0.4 is 10.5 Å². The first-order valence-corrected chi connectivity index (χ1v) is 6.58. The van der Waals surface area contributed by atoms with Crippen LogP contribution in [0, 0.1) is 0 Å². The SMILES string of the molecule is CC1CC(Oc2ccc(C(C)N)cn2)CC(C)O1. The minimum absolute atomic E-state index is 0.00896. The molecule has 2 heterocycles. The minimum atomic E-state index is 0.00896. The quantitative estimate of drug-likeness (QED) is 0.895. The molecule has 0 aromatic carbocycles. The van der Waals surface area contributed by atoms with E-state index in [-0.39, 0.29) is 24.4 Å². The van der Waals surface area contributed by atoms with Gasteiger partial charge in [0.25, 0.3) is 0 Å². The second kappa shape index (κ2) is 5.67. The molecule has 1 aromatic rings. The van der Waals surface area contributed by atoms with Crippen LogP contribution in [-0.4, -0.2) is 23.3 Å². The van der Waals surface area contributed by atoms with Gasteiger partial charge < -0.3 is 15.2 Å². The molecule has 18 heavy (non-hydrogen) atoms. The number of nitrogens with two attached hydrogens (primary N) is 1. The van der Waals surface area contributed by atoms with Crippen molar-refractivity contribution in [1.29, 1.82) is 0 Å². The summed E-state index contributed by atoms with van der Waals surface area (Å²) < 4.78 is 11.6. The summed E-state index contributed by atoms with van der Waals surface area (Å²) in [5.41, 5.74) is 6.81. The molecule has 4 heteroatoms. The Morgan fingerprint density at radius 3 is 2.50 bits per heavy atom. The van der Waals surface area contributed by atoms with Crippen molar-refractivity contribution in [3.63, 3.8) is 0 Å². The molecule has 3 atom stereocenters. The molecule has 0 bridgehead atoms. The van der Waals surface area contributed by atoms with E-state index < -0.39 is 0 Å². The van der Waals surface area contributed by atoms with Crippen LogP contribution in [0.3, 0.4) is 0 Å². The normalized spacial score (nSPS) is 29.9. The minimum Gasteiger partial charge on any atom is -0.474 e. The van der Waals surface area contributed by atoms with Crippen LogP contribution in [-0.2, 0) is 4.74 Å². The van der Waals surface area contributed by atoms with Crippen molar-refractivity contribution < 1.29 is 9.47 Å². The van der Waals surface area contributed by atoms with E-state index in [0.29, 0.717) is 5.88 Å². The summed E-state index contributed by atoms with van der Waals surface area (Å²) in [6.07, 6.45) is 4.32. The van der Waals surface area contributed by atoms with Gasteiger partial charge in [-0.1, -0.05) is 6.07 Å². The second-order valence-electron chi connectivity index (χ2n) is 5.19. The van der Waals surface area contributed by atoms with Crippen molar-refractivity contribution in [2.24, 2.45) is 5.73 Å². The third-order valence-electron chi connectivity index (χ3n) is 3.23. The van der Waals surface area contributed by atoms with Gasteiger partial charge in [0.05, 0.1) is 12.2 Å². The fourth-order valence-corrected chi connectivity index (χ4v) is 2.34. The van der Waals surface area contributed by atoms with Gasteiger partial charge in [-0.25, -0.2) is 4.98 Å². The van der Waals surface area contributed by atoms with E-state index in [1.807, 2.05) is 19.1 Å². The van der Waals surface area contributed by atoms with Gasteiger partial charge in [-0.2, -0.15) is 0 Å². The first-order valence-electron chi connectivity index (χ1n) is 6.58. The molecule has 3 unspecified atom stereocenters. The van der Waals surface area contributed by atoms with E-state index in [0.717, 1.165) is 18.4 Å². The fraction of sp³-hybridized carbons (Fsp3) is 0.643. The summed E-state index contributed by atoms with van der Waals surface area (Å²) >= 11 is 0. The maximum absolute atomic E-state index is 5.90. The van der Waals surface area contributed by atoms with Crippen LogP contribution in [0.4, 0.5) is 0 Å². The zero-order valence-electron chi connectivity index (χ0n) is 11.3. The van der Waals surface area contributed by atoms with Crippen molar-refractivity contribution >= 4 is 0 Å². The molecule has 0 radical (unpaired) electrons. The van der Waals surface area contributed by atoms with Gasteiger partial charge in [0.2, 0.25) is 5.88 Å². The van der Waals surface area contributed by atoms with Crippen LogP contribution in [0.2, 0.25) is 0 Å². The third kappa shape index (κ3) is 3.43. The maximum Gasteiger partial charge on any atom is 0.213 e. The third-order valence-corrected chi connectivity index (χ3v) is 3.23. The van der Waals surface area contributed by atoms with E-state index in [1.54, 1.807) is 6.20 Å². The molecule has 0 amide bonds. The van der Waals surface area contributed by atoms with Crippen LogP contribution in [0.15, 0.2) is 18.3 Å². The number of ether oxygens (including phenoxy) is 2. The monoisotopic (exact) mass is 250 g/mol. The van der Waals surface area contributed by atoms with Crippen molar-refractivity contribution in [3.05, 3.63) is 23.9 Å². The van der Waals surface area contributed by atoms with Crippen LogP contribution in [0.1, 0.15) is 45.2 Å². The van der Waals surface area contributed by atoms with E-state index in [2.05, 4.69) is 18.8 Å². The van der Waals surface area contributed by atoms with Crippen LogP contribution in [0.25, 0.3) is 0 Å². The Labute approximate surface area is 108 Å². The molecule has 1 aromatic heterocycles. The first kappa shape index (κ1) is 13.3. The van der Waals surface area contributed by atoms with Crippen LogP contribution in [0.5, 0.6) is 5.88 Å². The van der Waals surface area contributed by atoms with Gasteiger partial charge in [0, 0.05) is 31.1 Å². The zero-order chi connectivity index (χ0) is 13.1. The van der Waals surface area contributed by atoms with Gasteiger partial charge in [-0.3, -0.25) is 0 Å². The van der Waals surface area contributed by atoms with Gasteiger partial charge in [0.15, 0.2) is 0 Å². The number of nitrogens with zero attached hydrogens (tertiary/aromatic N) is 1. The molecule has 1 saturated heterocycles. The van der Waals surface area contributed by atoms with E-state index in [9.17, 15) is 0 Å². The molecule has 0 aliphatic carbocycles. The average Bonchev–Trinajstić information content (AvgIpc) is 2.28. The first-order chi connectivity index (χ1) is 8.54. The van der Waals surface area contributed by atoms with E-state index in [4.69, 9.17) is 15.2 Å². The maximum atomic E-state index is 5.90. The van der Waals surface area contributed by atoms with Crippen molar-refractivity contribution in [2.45, 2.75) is 58.0 Å². The molecule has 1 aliphatic rings. The predicted molar refractivity (Wildman–Crippen MR) is 70.5 cm³/mol. The molecule has 4 nitrogen and oxygen atoms in total. The van der Waals surface area contributed by atoms with E-state index >= 15 is 0 Å². The molecule has 2 rings (SSSR count).